The number of nitrogens with zero attached hydrogens (tertiary/aromatic N) is 4. The molecule has 148 valence electrons. The third-order valence-corrected chi connectivity index (χ3v) is 4.66. The predicted octanol–water partition coefficient (Wildman–Crippen LogP) is 2.57. The molecule has 0 aliphatic carbocycles. The lowest BCUT2D eigenvalue weighted by Gasteiger charge is -2.34. The van der Waals surface area contributed by atoms with Crippen molar-refractivity contribution in [2.24, 2.45) is 0 Å². The molecule has 1 N–H and O–H groups in total. The van der Waals surface area contributed by atoms with Crippen molar-refractivity contribution in [1.29, 1.82) is 0 Å². The van der Waals surface area contributed by atoms with Crippen LogP contribution in [0, 0.1) is 0 Å². The van der Waals surface area contributed by atoms with Gasteiger partial charge in [0.25, 0.3) is 5.91 Å². The van der Waals surface area contributed by atoms with Crippen molar-refractivity contribution in [3.8, 4) is 0 Å². The van der Waals surface area contributed by atoms with E-state index in [2.05, 4.69) is 15.3 Å². The van der Waals surface area contributed by atoms with Gasteiger partial charge >= 0.3 is 6.09 Å². The number of piperazine rings is 1. The number of rotatable bonds is 5. The molecule has 2 heterocycles. The highest BCUT2D eigenvalue weighted by Crippen LogP contribution is 2.18. The lowest BCUT2D eigenvalue weighted by Crippen LogP contribution is -2.49. The molecular weight excluding hydrogens is 358 g/mol. The van der Waals surface area contributed by atoms with E-state index < -0.39 is 0 Å². The Hall–Kier alpha value is -3.16. The molecule has 8 heteroatoms. The maximum Gasteiger partial charge on any atom is 0.409 e. The molecule has 2 aromatic rings. The molecule has 3 rings (SSSR count). The SMILES string of the molecule is CCOC(=O)N1CCN(c2cc(C(=O)Nc3ccccc3CC)ncn2)CC1. The summed E-state index contributed by atoms with van der Waals surface area (Å²) in [5, 5.41) is 2.93. The quantitative estimate of drug-likeness (QED) is 0.854. The molecule has 1 aromatic heterocycles. The van der Waals surface area contributed by atoms with Gasteiger partial charge in [-0.3, -0.25) is 4.79 Å². The van der Waals surface area contributed by atoms with Crippen LogP contribution in [-0.2, 0) is 11.2 Å². The summed E-state index contributed by atoms with van der Waals surface area (Å²) in [6, 6.07) is 9.40. The first kappa shape index (κ1) is 19.6. The van der Waals surface area contributed by atoms with Gasteiger partial charge in [0.05, 0.1) is 6.61 Å². The lowest BCUT2D eigenvalue weighted by atomic mass is 10.1. The number of anilines is 2. The number of amides is 2. The number of ether oxygens (including phenoxy) is 1. The van der Waals surface area contributed by atoms with Gasteiger partial charge in [0.1, 0.15) is 17.8 Å². The predicted molar refractivity (Wildman–Crippen MR) is 107 cm³/mol. The molecule has 0 spiro atoms. The molecule has 1 saturated heterocycles. The standard InChI is InChI=1S/C20H25N5O3/c1-3-15-7-5-6-8-16(15)23-19(26)17-13-18(22-14-21-17)24-9-11-25(12-10-24)20(27)28-4-2/h5-8,13-14H,3-4,9-12H2,1-2H3,(H,23,26). The lowest BCUT2D eigenvalue weighted by molar-refractivity contribution is 0.102. The summed E-state index contributed by atoms with van der Waals surface area (Å²) in [5.74, 6) is 0.405. The van der Waals surface area contributed by atoms with Crippen molar-refractivity contribution < 1.29 is 14.3 Å². The number of para-hydroxylation sites is 1. The highest BCUT2D eigenvalue weighted by molar-refractivity contribution is 6.03. The van der Waals surface area contributed by atoms with Gasteiger partial charge in [-0.25, -0.2) is 14.8 Å². The molecule has 0 atom stereocenters. The zero-order valence-electron chi connectivity index (χ0n) is 16.2. The Labute approximate surface area is 164 Å². The van der Waals surface area contributed by atoms with Gasteiger partial charge in [0.2, 0.25) is 0 Å². The zero-order valence-corrected chi connectivity index (χ0v) is 16.2. The van der Waals surface area contributed by atoms with E-state index in [1.807, 2.05) is 36.1 Å². The summed E-state index contributed by atoms with van der Waals surface area (Å²) in [5.41, 5.74) is 2.17. The molecule has 8 nitrogen and oxygen atoms in total. The number of aryl methyl sites for hydroxylation is 1. The van der Waals surface area contributed by atoms with Crippen LogP contribution in [0.2, 0.25) is 0 Å². The van der Waals surface area contributed by atoms with Gasteiger partial charge in [-0.2, -0.15) is 0 Å². The van der Waals surface area contributed by atoms with E-state index in [4.69, 9.17) is 4.74 Å². The van der Waals surface area contributed by atoms with Crippen LogP contribution < -0.4 is 10.2 Å². The Morgan fingerprint density at radius 1 is 1.11 bits per heavy atom. The first-order chi connectivity index (χ1) is 13.6. The van der Waals surface area contributed by atoms with Crippen molar-refractivity contribution in [2.75, 3.05) is 43.0 Å². The number of hydrogen-bond donors (Lipinski definition) is 1. The summed E-state index contributed by atoms with van der Waals surface area (Å²) in [6.45, 7) is 6.54. The second kappa shape index (κ2) is 9.16. The minimum Gasteiger partial charge on any atom is -0.450 e. The summed E-state index contributed by atoms with van der Waals surface area (Å²) in [6.07, 6.45) is 1.93. The third kappa shape index (κ3) is 4.57. The van der Waals surface area contributed by atoms with Crippen molar-refractivity contribution in [3.63, 3.8) is 0 Å². The van der Waals surface area contributed by atoms with Crippen molar-refractivity contribution in [2.45, 2.75) is 20.3 Å². The molecule has 0 radical (unpaired) electrons. The molecule has 1 fully saturated rings. The second-order valence-electron chi connectivity index (χ2n) is 6.40. The van der Waals surface area contributed by atoms with Crippen LogP contribution in [0.15, 0.2) is 36.7 Å². The third-order valence-electron chi connectivity index (χ3n) is 4.66. The maximum atomic E-state index is 12.6. The normalized spacial score (nSPS) is 13.9. The maximum absolute atomic E-state index is 12.6. The van der Waals surface area contributed by atoms with Gasteiger partial charge in [-0.15, -0.1) is 0 Å². The van der Waals surface area contributed by atoms with Gasteiger partial charge in [0, 0.05) is 37.9 Å². The number of carbonyl (C=O) groups is 2. The average Bonchev–Trinajstić information content (AvgIpc) is 2.74. The molecule has 1 aliphatic rings. The molecule has 1 aliphatic heterocycles. The zero-order chi connectivity index (χ0) is 19.9. The van der Waals surface area contributed by atoms with Crippen LogP contribution >= 0.6 is 0 Å². The van der Waals surface area contributed by atoms with Crippen LogP contribution in [0.4, 0.5) is 16.3 Å². The minimum atomic E-state index is -0.292. The van der Waals surface area contributed by atoms with Crippen molar-refractivity contribution in [1.82, 2.24) is 14.9 Å². The molecule has 28 heavy (non-hydrogen) atoms. The molecule has 2 amide bonds. The van der Waals surface area contributed by atoms with Crippen LogP contribution in [0.1, 0.15) is 29.9 Å². The van der Waals surface area contributed by atoms with Crippen LogP contribution in [0.25, 0.3) is 0 Å². The van der Waals surface area contributed by atoms with E-state index >= 15 is 0 Å². The largest absolute Gasteiger partial charge is 0.450 e. The monoisotopic (exact) mass is 383 g/mol. The fourth-order valence-electron chi connectivity index (χ4n) is 3.11. The van der Waals surface area contributed by atoms with Gasteiger partial charge in [-0.1, -0.05) is 25.1 Å². The number of benzene rings is 1. The number of aromatic nitrogens is 2. The topological polar surface area (TPSA) is 87.7 Å². The van der Waals surface area contributed by atoms with E-state index in [1.165, 1.54) is 6.33 Å². The smallest absolute Gasteiger partial charge is 0.409 e. The van der Waals surface area contributed by atoms with E-state index in [-0.39, 0.29) is 12.0 Å². The molecular formula is C20H25N5O3. The Morgan fingerprint density at radius 3 is 2.57 bits per heavy atom. The summed E-state index contributed by atoms with van der Waals surface area (Å²) in [7, 11) is 0. The van der Waals surface area contributed by atoms with Gasteiger partial charge in [0.15, 0.2) is 0 Å². The van der Waals surface area contributed by atoms with Crippen LogP contribution in [0.5, 0.6) is 0 Å². The van der Waals surface area contributed by atoms with Gasteiger partial charge in [-0.05, 0) is 25.0 Å². The van der Waals surface area contributed by atoms with E-state index in [0.717, 1.165) is 17.7 Å². The first-order valence-electron chi connectivity index (χ1n) is 9.50. The Bertz CT molecular complexity index is 834. The average molecular weight is 383 g/mol. The summed E-state index contributed by atoms with van der Waals surface area (Å²) < 4.78 is 5.04. The Balaban J connectivity index is 1.66. The summed E-state index contributed by atoms with van der Waals surface area (Å²) in [4.78, 5) is 36.6. The first-order valence-corrected chi connectivity index (χ1v) is 9.50. The Kier molecular flexibility index (Phi) is 6.41. The van der Waals surface area contributed by atoms with Crippen LogP contribution in [0.3, 0.4) is 0 Å². The number of carbonyl (C=O) groups excluding carboxylic acids is 2. The van der Waals surface area contributed by atoms with E-state index in [1.54, 1.807) is 17.9 Å². The second-order valence-corrected chi connectivity index (χ2v) is 6.40. The number of nitrogens with one attached hydrogen (secondary N) is 1. The molecule has 1 aromatic carbocycles. The molecule has 0 saturated carbocycles. The van der Waals surface area contributed by atoms with E-state index in [9.17, 15) is 9.59 Å². The highest BCUT2D eigenvalue weighted by atomic mass is 16.6. The van der Waals surface area contributed by atoms with Crippen molar-refractivity contribution >= 4 is 23.5 Å². The fourth-order valence-corrected chi connectivity index (χ4v) is 3.11. The minimum absolute atomic E-state index is 0.269. The molecule has 0 unspecified atom stereocenters. The molecule has 0 bridgehead atoms. The Morgan fingerprint density at radius 2 is 1.86 bits per heavy atom. The van der Waals surface area contributed by atoms with Crippen LogP contribution in [-0.4, -0.2) is 59.7 Å². The summed E-state index contributed by atoms with van der Waals surface area (Å²) >= 11 is 0. The fraction of sp³-hybridized carbons (Fsp3) is 0.400. The van der Waals surface area contributed by atoms with Gasteiger partial charge < -0.3 is 19.9 Å². The van der Waals surface area contributed by atoms with Crippen molar-refractivity contribution in [3.05, 3.63) is 47.9 Å². The number of hydrogen-bond acceptors (Lipinski definition) is 6. The van der Waals surface area contributed by atoms with E-state index in [0.29, 0.717) is 44.3 Å². The highest BCUT2D eigenvalue weighted by Gasteiger charge is 2.23.